The minimum absolute atomic E-state index is 0.0156. The van der Waals surface area contributed by atoms with Crippen molar-refractivity contribution >= 4 is 13.7 Å². The number of rotatable bonds is 8. The first-order valence-corrected chi connectivity index (χ1v) is 11.2. The SMILES string of the molecule is O=C(N1CCC(OP(=O)(OCc2ccccc2)OCc2ccccc2)CC1)C(F)(F)F. The van der Waals surface area contributed by atoms with Gasteiger partial charge >= 0.3 is 19.9 Å². The zero-order chi connectivity index (χ0) is 22.3. The molecule has 0 spiro atoms. The summed E-state index contributed by atoms with van der Waals surface area (Å²) in [6.45, 7) is -0.336. The van der Waals surface area contributed by atoms with E-state index in [4.69, 9.17) is 13.6 Å². The van der Waals surface area contributed by atoms with Crippen molar-refractivity contribution in [2.75, 3.05) is 13.1 Å². The van der Waals surface area contributed by atoms with Crippen molar-refractivity contribution in [1.29, 1.82) is 0 Å². The Kier molecular flexibility index (Phi) is 7.89. The molecule has 10 heteroatoms. The number of phosphoric acid groups is 1. The summed E-state index contributed by atoms with van der Waals surface area (Å²) in [6.07, 6.45) is -5.39. The minimum atomic E-state index is -4.92. The fourth-order valence-corrected chi connectivity index (χ4v) is 4.47. The Bertz CT molecular complexity index is 839. The molecule has 2 aromatic rings. The Labute approximate surface area is 178 Å². The van der Waals surface area contributed by atoms with Crippen molar-refractivity contribution in [3.63, 3.8) is 0 Å². The molecule has 1 heterocycles. The summed E-state index contributed by atoms with van der Waals surface area (Å²) in [5.74, 6) is -1.88. The van der Waals surface area contributed by atoms with Crippen molar-refractivity contribution in [1.82, 2.24) is 4.90 Å². The van der Waals surface area contributed by atoms with Gasteiger partial charge in [0.05, 0.1) is 19.3 Å². The number of nitrogens with zero attached hydrogens (tertiary/aromatic N) is 1. The maximum absolute atomic E-state index is 13.3. The van der Waals surface area contributed by atoms with Gasteiger partial charge in [-0.15, -0.1) is 0 Å². The van der Waals surface area contributed by atoms with E-state index in [1.807, 2.05) is 36.4 Å². The molecule has 1 saturated heterocycles. The van der Waals surface area contributed by atoms with Gasteiger partial charge in [0.25, 0.3) is 0 Å². The summed E-state index contributed by atoms with van der Waals surface area (Å²) in [5.41, 5.74) is 1.53. The monoisotopic (exact) mass is 457 g/mol. The van der Waals surface area contributed by atoms with Crippen LogP contribution >= 0.6 is 7.82 Å². The molecule has 1 amide bonds. The maximum Gasteiger partial charge on any atom is 0.475 e. The highest BCUT2D eigenvalue weighted by Gasteiger charge is 2.44. The Hall–Kier alpha value is -2.19. The van der Waals surface area contributed by atoms with Gasteiger partial charge in [-0.1, -0.05) is 60.7 Å². The minimum Gasteiger partial charge on any atom is -0.335 e. The molecule has 31 heavy (non-hydrogen) atoms. The number of phosphoric ester groups is 1. The van der Waals surface area contributed by atoms with E-state index in [0.29, 0.717) is 0 Å². The third-order valence-electron chi connectivity index (χ3n) is 4.71. The molecule has 1 aliphatic heterocycles. The van der Waals surface area contributed by atoms with Gasteiger partial charge in [-0.25, -0.2) is 4.57 Å². The van der Waals surface area contributed by atoms with Crippen LogP contribution in [-0.2, 0) is 36.1 Å². The van der Waals surface area contributed by atoms with Crippen molar-refractivity contribution in [2.45, 2.75) is 38.3 Å². The number of carbonyl (C=O) groups is 1. The smallest absolute Gasteiger partial charge is 0.335 e. The third kappa shape index (κ3) is 7.18. The number of piperidine rings is 1. The summed E-state index contributed by atoms with van der Waals surface area (Å²) in [4.78, 5) is 12.1. The van der Waals surface area contributed by atoms with Crippen molar-refractivity contribution in [3.05, 3.63) is 71.8 Å². The number of halogens is 3. The summed E-state index contributed by atoms with van der Waals surface area (Å²) < 4.78 is 67.8. The summed E-state index contributed by atoms with van der Waals surface area (Å²) >= 11 is 0. The van der Waals surface area contributed by atoms with E-state index in [1.165, 1.54) is 0 Å². The predicted octanol–water partition coefficient (Wildman–Crippen LogP) is 5.10. The topological polar surface area (TPSA) is 65.1 Å². The first-order chi connectivity index (χ1) is 14.8. The van der Waals surface area contributed by atoms with Crippen LogP contribution in [0.2, 0.25) is 0 Å². The van der Waals surface area contributed by atoms with Gasteiger partial charge in [-0.05, 0) is 24.0 Å². The summed E-state index contributed by atoms with van der Waals surface area (Å²) in [5, 5.41) is 0. The van der Waals surface area contributed by atoms with Crippen LogP contribution in [0.5, 0.6) is 0 Å². The lowest BCUT2D eigenvalue weighted by atomic mass is 10.1. The summed E-state index contributed by atoms with van der Waals surface area (Å²) in [6, 6.07) is 18.1. The zero-order valence-electron chi connectivity index (χ0n) is 16.7. The quantitative estimate of drug-likeness (QED) is 0.517. The van der Waals surface area contributed by atoms with E-state index in [9.17, 15) is 22.5 Å². The molecule has 0 unspecified atom stereocenters. The predicted molar refractivity (Wildman–Crippen MR) is 107 cm³/mol. The lowest BCUT2D eigenvalue weighted by molar-refractivity contribution is -0.187. The normalized spacial score (nSPS) is 15.8. The van der Waals surface area contributed by atoms with Crippen LogP contribution < -0.4 is 0 Å². The van der Waals surface area contributed by atoms with Crippen molar-refractivity contribution < 1.29 is 36.1 Å². The summed E-state index contributed by atoms with van der Waals surface area (Å²) in [7, 11) is -4.02. The van der Waals surface area contributed by atoms with Crippen LogP contribution in [0, 0.1) is 0 Å². The van der Waals surface area contributed by atoms with Crippen LogP contribution in [0.4, 0.5) is 13.2 Å². The number of carbonyl (C=O) groups excluding carboxylic acids is 1. The molecule has 0 aromatic heterocycles. The number of likely N-dealkylation sites (tertiary alicyclic amines) is 1. The molecule has 0 atom stereocenters. The standard InChI is InChI=1S/C21H23F3NO5P/c22-21(23,24)20(26)25-13-11-19(12-14-25)30-31(27,28-15-17-7-3-1-4-8-17)29-16-18-9-5-2-6-10-18/h1-10,19H,11-16H2. The highest BCUT2D eigenvalue weighted by Crippen LogP contribution is 2.53. The number of alkyl halides is 3. The van der Waals surface area contributed by atoms with E-state index in [2.05, 4.69) is 0 Å². The van der Waals surface area contributed by atoms with Crippen LogP contribution in [0.15, 0.2) is 60.7 Å². The largest absolute Gasteiger partial charge is 0.475 e. The Morgan fingerprint density at radius 3 is 1.77 bits per heavy atom. The Morgan fingerprint density at radius 1 is 0.903 bits per heavy atom. The molecular formula is C21H23F3NO5P. The zero-order valence-corrected chi connectivity index (χ0v) is 17.6. The second kappa shape index (κ2) is 10.4. The Balaban J connectivity index is 1.62. The molecule has 0 aliphatic carbocycles. The molecule has 0 N–H and O–H groups in total. The van der Waals surface area contributed by atoms with Gasteiger partial charge < -0.3 is 4.90 Å². The van der Waals surface area contributed by atoms with Crippen LogP contribution in [0.1, 0.15) is 24.0 Å². The van der Waals surface area contributed by atoms with Gasteiger partial charge in [0.15, 0.2) is 0 Å². The number of benzene rings is 2. The maximum atomic E-state index is 13.3. The number of amides is 1. The lowest BCUT2D eigenvalue weighted by Crippen LogP contribution is -2.46. The molecule has 168 valence electrons. The van der Waals surface area contributed by atoms with Gasteiger partial charge in [-0.2, -0.15) is 13.2 Å². The molecule has 0 bridgehead atoms. The Morgan fingerprint density at radius 2 is 1.35 bits per heavy atom. The van der Waals surface area contributed by atoms with Gasteiger partial charge in [-0.3, -0.25) is 18.4 Å². The van der Waals surface area contributed by atoms with Crippen LogP contribution in [-0.4, -0.2) is 36.2 Å². The molecule has 3 rings (SSSR count). The van der Waals surface area contributed by atoms with Crippen LogP contribution in [0.25, 0.3) is 0 Å². The van der Waals surface area contributed by atoms with E-state index >= 15 is 0 Å². The van der Waals surface area contributed by atoms with Crippen LogP contribution in [0.3, 0.4) is 0 Å². The average Bonchev–Trinajstić information content (AvgIpc) is 2.77. The first kappa shape index (κ1) is 23.5. The fourth-order valence-electron chi connectivity index (χ4n) is 3.08. The second-order valence-corrected chi connectivity index (χ2v) is 8.68. The molecule has 0 radical (unpaired) electrons. The first-order valence-electron chi connectivity index (χ1n) is 9.77. The molecular weight excluding hydrogens is 434 g/mol. The molecule has 2 aromatic carbocycles. The van der Waals surface area contributed by atoms with E-state index in [1.54, 1.807) is 24.3 Å². The average molecular weight is 457 g/mol. The molecule has 0 saturated carbocycles. The van der Waals surface area contributed by atoms with Gasteiger partial charge in [0, 0.05) is 13.1 Å². The highest BCUT2D eigenvalue weighted by molar-refractivity contribution is 7.48. The van der Waals surface area contributed by atoms with Gasteiger partial charge in [0.1, 0.15) is 0 Å². The van der Waals surface area contributed by atoms with Crippen molar-refractivity contribution in [2.24, 2.45) is 0 Å². The molecule has 1 fully saturated rings. The third-order valence-corrected chi connectivity index (χ3v) is 6.16. The van der Waals surface area contributed by atoms with Gasteiger partial charge in [0.2, 0.25) is 0 Å². The number of hydrogen-bond donors (Lipinski definition) is 0. The molecule has 1 aliphatic rings. The number of hydrogen-bond acceptors (Lipinski definition) is 5. The van der Waals surface area contributed by atoms with E-state index in [0.717, 1.165) is 16.0 Å². The van der Waals surface area contributed by atoms with E-state index < -0.39 is 26.0 Å². The molecule has 6 nitrogen and oxygen atoms in total. The second-order valence-electron chi connectivity index (χ2n) is 7.06. The van der Waals surface area contributed by atoms with Crippen molar-refractivity contribution in [3.8, 4) is 0 Å². The highest BCUT2D eigenvalue weighted by atomic mass is 31.2. The lowest BCUT2D eigenvalue weighted by Gasteiger charge is -2.33. The fraction of sp³-hybridized carbons (Fsp3) is 0.381. The van der Waals surface area contributed by atoms with E-state index in [-0.39, 0.29) is 39.1 Å².